The molecule has 1 aliphatic carbocycles. The molecule has 0 aromatic heterocycles. The zero-order chi connectivity index (χ0) is 14.6. The molecule has 0 unspecified atom stereocenters. The monoisotopic (exact) mass is 273 g/mol. The molecule has 1 N–H and O–H groups in total. The molecule has 0 bridgehead atoms. The summed E-state index contributed by atoms with van der Waals surface area (Å²) in [6, 6.07) is 7.61. The van der Waals surface area contributed by atoms with Gasteiger partial charge in [0.05, 0.1) is 30.3 Å². The zero-order valence-electron chi connectivity index (χ0n) is 11.7. The quantitative estimate of drug-likeness (QED) is 0.856. The third kappa shape index (κ3) is 2.68. The van der Waals surface area contributed by atoms with Crippen LogP contribution in [0.15, 0.2) is 18.2 Å². The van der Waals surface area contributed by atoms with E-state index in [1.54, 1.807) is 19.1 Å². The second-order valence-corrected chi connectivity index (χ2v) is 5.20. The van der Waals surface area contributed by atoms with E-state index in [0.29, 0.717) is 17.7 Å². The summed E-state index contributed by atoms with van der Waals surface area (Å²) in [6.45, 7) is 1.91. The number of hydrogen-bond acceptors (Lipinski definition) is 4. The van der Waals surface area contributed by atoms with Crippen LogP contribution in [0.2, 0.25) is 0 Å². The second kappa shape index (κ2) is 6.06. The fourth-order valence-corrected chi connectivity index (χ4v) is 2.84. The average Bonchev–Trinajstić information content (AvgIpc) is 2.97. The summed E-state index contributed by atoms with van der Waals surface area (Å²) in [5.41, 5.74) is 1.36. The lowest BCUT2D eigenvalue weighted by Gasteiger charge is -2.22. The molecule has 1 aromatic carbocycles. The van der Waals surface area contributed by atoms with Crippen LogP contribution in [0.3, 0.4) is 0 Å². The van der Waals surface area contributed by atoms with E-state index in [1.807, 2.05) is 6.07 Å². The Bertz CT molecular complexity index is 539. The van der Waals surface area contributed by atoms with Crippen molar-refractivity contribution >= 4 is 5.97 Å². The Morgan fingerprint density at radius 3 is 2.65 bits per heavy atom. The number of esters is 1. The van der Waals surface area contributed by atoms with E-state index in [-0.39, 0.29) is 6.61 Å². The smallest absolute Gasteiger partial charge is 0.338 e. The van der Waals surface area contributed by atoms with Crippen molar-refractivity contribution in [2.24, 2.45) is 0 Å². The van der Waals surface area contributed by atoms with Gasteiger partial charge in [-0.15, -0.1) is 0 Å². The van der Waals surface area contributed by atoms with Gasteiger partial charge in [-0.1, -0.05) is 18.9 Å². The lowest BCUT2D eigenvalue weighted by molar-refractivity contribution is 0.0526. The summed E-state index contributed by atoms with van der Waals surface area (Å²) in [6.07, 6.45) is 3.65. The summed E-state index contributed by atoms with van der Waals surface area (Å²) in [7, 11) is 0. The first-order chi connectivity index (χ1) is 9.65. The van der Waals surface area contributed by atoms with Crippen molar-refractivity contribution in [3.63, 3.8) is 0 Å². The number of rotatable bonds is 4. The molecule has 0 aliphatic heterocycles. The molecule has 1 aromatic rings. The first-order valence-corrected chi connectivity index (χ1v) is 6.99. The Morgan fingerprint density at radius 2 is 2.10 bits per heavy atom. The predicted octanol–water partition coefficient (Wildman–Crippen LogP) is 2.69. The third-order valence-electron chi connectivity index (χ3n) is 3.91. The molecule has 4 heteroatoms. The standard InChI is InChI=1S/C16H19NO3/c1-2-20-15(19)13-7-12(10-18)8-14(9-13)16(11-17)5-3-4-6-16/h7-9,18H,2-6,10H2,1H3. The van der Waals surface area contributed by atoms with Crippen LogP contribution in [-0.4, -0.2) is 17.7 Å². The van der Waals surface area contributed by atoms with Crippen molar-refractivity contribution in [3.8, 4) is 6.07 Å². The first kappa shape index (κ1) is 14.5. The van der Waals surface area contributed by atoms with E-state index in [9.17, 15) is 15.2 Å². The first-order valence-electron chi connectivity index (χ1n) is 6.99. The van der Waals surface area contributed by atoms with E-state index in [1.165, 1.54) is 0 Å². The van der Waals surface area contributed by atoms with Gasteiger partial charge in [-0.25, -0.2) is 4.79 Å². The predicted molar refractivity (Wildman–Crippen MR) is 74.1 cm³/mol. The number of carbonyl (C=O) groups is 1. The van der Waals surface area contributed by atoms with Crippen molar-refractivity contribution in [1.29, 1.82) is 5.26 Å². The third-order valence-corrected chi connectivity index (χ3v) is 3.91. The van der Waals surface area contributed by atoms with Gasteiger partial charge in [0, 0.05) is 0 Å². The minimum absolute atomic E-state index is 0.151. The van der Waals surface area contributed by atoms with E-state index < -0.39 is 11.4 Å². The molecule has 20 heavy (non-hydrogen) atoms. The molecule has 1 saturated carbocycles. The Balaban J connectivity index is 2.45. The van der Waals surface area contributed by atoms with Crippen molar-refractivity contribution in [2.75, 3.05) is 6.61 Å². The van der Waals surface area contributed by atoms with E-state index in [0.717, 1.165) is 31.2 Å². The molecular weight excluding hydrogens is 254 g/mol. The van der Waals surface area contributed by atoms with Crippen LogP contribution in [0.4, 0.5) is 0 Å². The van der Waals surface area contributed by atoms with Crippen molar-refractivity contribution in [1.82, 2.24) is 0 Å². The van der Waals surface area contributed by atoms with Crippen molar-refractivity contribution in [3.05, 3.63) is 34.9 Å². The summed E-state index contributed by atoms with van der Waals surface area (Å²) in [5, 5.41) is 18.9. The molecule has 1 aliphatic rings. The van der Waals surface area contributed by atoms with Gasteiger partial charge >= 0.3 is 5.97 Å². The number of nitrogens with zero attached hydrogens (tertiary/aromatic N) is 1. The minimum atomic E-state index is -0.521. The number of hydrogen-bond donors (Lipinski definition) is 1. The van der Waals surface area contributed by atoms with Crippen LogP contribution in [0.5, 0.6) is 0 Å². The molecule has 0 atom stereocenters. The Morgan fingerprint density at radius 1 is 1.40 bits per heavy atom. The molecule has 0 heterocycles. The molecule has 0 spiro atoms. The summed E-state index contributed by atoms with van der Waals surface area (Å²) >= 11 is 0. The maximum atomic E-state index is 11.9. The highest BCUT2D eigenvalue weighted by atomic mass is 16.5. The number of ether oxygens (including phenoxy) is 1. The van der Waals surface area contributed by atoms with Gasteiger partial charge in [-0.05, 0) is 43.0 Å². The molecule has 2 rings (SSSR count). The number of aliphatic hydroxyl groups excluding tert-OH is 1. The number of aliphatic hydroxyl groups is 1. The highest BCUT2D eigenvalue weighted by Gasteiger charge is 2.36. The number of benzene rings is 1. The van der Waals surface area contributed by atoms with Gasteiger partial charge in [0.1, 0.15) is 0 Å². The lowest BCUT2D eigenvalue weighted by Crippen LogP contribution is -2.20. The molecule has 0 saturated heterocycles. The van der Waals surface area contributed by atoms with Crippen LogP contribution >= 0.6 is 0 Å². The van der Waals surface area contributed by atoms with Crippen LogP contribution in [0, 0.1) is 11.3 Å². The van der Waals surface area contributed by atoms with E-state index in [4.69, 9.17) is 4.74 Å². The molecule has 4 nitrogen and oxygen atoms in total. The van der Waals surface area contributed by atoms with Crippen molar-refractivity contribution in [2.45, 2.75) is 44.6 Å². The summed E-state index contributed by atoms with van der Waals surface area (Å²) < 4.78 is 5.01. The summed E-state index contributed by atoms with van der Waals surface area (Å²) in [4.78, 5) is 11.9. The average molecular weight is 273 g/mol. The normalized spacial score (nSPS) is 16.6. The minimum Gasteiger partial charge on any atom is -0.462 e. The Hall–Kier alpha value is -1.86. The van der Waals surface area contributed by atoms with Gasteiger partial charge in [-0.3, -0.25) is 0 Å². The van der Waals surface area contributed by atoms with Crippen LogP contribution < -0.4 is 0 Å². The van der Waals surface area contributed by atoms with E-state index >= 15 is 0 Å². The molecular formula is C16H19NO3. The van der Waals surface area contributed by atoms with Crippen LogP contribution in [0.25, 0.3) is 0 Å². The van der Waals surface area contributed by atoms with Gasteiger partial charge in [-0.2, -0.15) is 5.26 Å². The summed E-state index contributed by atoms with van der Waals surface area (Å²) in [5.74, 6) is -0.407. The highest BCUT2D eigenvalue weighted by molar-refractivity contribution is 5.90. The number of nitriles is 1. The SMILES string of the molecule is CCOC(=O)c1cc(CO)cc(C2(C#N)CCCC2)c1. The van der Waals surface area contributed by atoms with Gasteiger partial charge in [0.25, 0.3) is 0 Å². The van der Waals surface area contributed by atoms with Crippen LogP contribution in [0.1, 0.15) is 54.1 Å². The molecule has 0 radical (unpaired) electrons. The fraction of sp³-hybridized carbons (Fsp3) is 0.500. The Kier molecular flexibility index (Phi) is 4.41. The maximum Gasteiger partial charge on any atom is 0.338 e. The second-order valence-electron chi connectivity index (χ2n) is 5.20. The lowest BCUT2D eigenvalue weighted by atomic mass is 9.79. The van der Waals surface area contributed by atoms with Crippen LogP contribution in [-0.2, 0) is 16.8 Å². The maximum absolute atomic E-state index is 11.9. The Labute approximate surface area is 119 Å². The molecule has 106 valence electrons. The molecule has 0 amide bonds. The fourth-order valence-electron chi connectivity index (χ4n) is 2.84. The number of carbonyl (C=O) groups excluding carboxylic acids is 1. The largest absolute Gasteiger partial charge is 0.462 e. The van der Waals surface area contributed by atoms with Crippen molar-refractivity contribution < 1.29 is 14.6 Å². The topological polar surface area (TPSA) is 70.3 Å². The van der Waals surface area contributed by atoms with Gasteiger partial charge in [0.2, 0.25) is 0 Å². The van der Waals surface area contributed by atoms with Gasteiger partial charge < -0.3 is 9.84 Å². The highest BCUT2D eigenvalue weighted by Crippen LogP contribution is 2.41. The zero-order valence-corrected chi connectivity index (χ0v) is 11.7. The van der Waals surface area contributed by atoms with E-state index in [2.05, 4.69) is 6.07 Å². The van der Waals surface area contributed by atoms with Gasteiger partial charge in [0.15, 0.2) is 0 Å². The molecule has 1 fully saturated rings.